The van der Waals surface area contributed by atoms with Crippen LogP contribution < -0.4 is 10.9 Å². The lowest BCUT2D eigenvalue weighted by molar-refractivity contribution is 0.193. The number of nitrogens with zero attached hydrogens (tertiary/aromatic N) is 5. The molecule has 0 spiro atoms. The predicted octanol–water partition coefficient (Wildman–Crippen LogP) is 4.78. The van der Waals surface area contributed by atoms with E-state index in [0.717, 1.165) is 22.4 Å². The summed E-state index contributed by atoms with van der Waals surface area (Å²) in [6.07, 6.45) is 1.31. The van der Waals surface area contributed by atoms with E-state index in [4.69, 9.17) is 4.98 Å². The van der Waals surface area contributed by atoms with Gasteiger partial charge in [0, 0.05) is 24.6 Å². The number of carbonyl (C=O) groups excluding carboxylic acids is 1. The smallest absolute Gasteiger partial charge is 0.321 e. The Morgan fingerprint density at radius 3 is 2.46 bits per heavy atom. The minimum absolute atomic E-state index is 0.0167. The molecule has 6 rings (SSSR count). The predicted molar refractivity (Wildman–Crippen MR) is 146 cm³/mol. The molecule has 3 heterocycles. The monoisotopic (exact) mass is 523 g/mol. The van der Waals surface area contributed by atoms with Crippen molar-refractivity contribution < 1.29 is 9.18 Å². The summed E-state index contributed by atoms with van der Waals surface area (Å²) in [6, 6.07) is 23.6. The lowest BCUT2D eigenvalue weighted by Crippen LogP contribution is -2.41. The minimum atomic E-state index is -0.349. The number of rotatable bonds is 5. The van der Waals surface area contributed by atoms with Gasteiger partial charge in [0.2, 0.25) is 0 Å². The van der Waals surface area contributed by atoms with Gasteiger partial charge in [-0.2, -0.15) is 0 Å². The number of carbonyl (C=O) groups is 1. The number of nitrogens with one attached hydrogen (secondary N) is 2. The maximum Gasteiger partial charge on any atom is 0.321 e. The first-order valence-electron chi connectivity index (χ1n) is 12.8. The zero-order valence-corrected chi connectivity index (χ0v) is 21.0. The van der Waals surface area contributed by atoms with Crippen LogP contribution in [0, 0.1) is 5.82 Å². The molecule has 5 aromatic rings. The van der Waals surface area contributed by atoms with Crippen molar-refractivity contribution in [2.45, 2.75) is 25.3 Å². The van der Waals surface area contributed by atoms with Gasteiger partial charge in [0.1, 0.15) is 11.6 Å². The third-order valence-electron chi connectivity index (χ3n) is 7.06. The molecule has 0 saturated carbocycles. The van der Waals surface area contributed by atoms with Crippen molar-refractivity contribution in [3.8, 4) is 11.1 Å². The summed E-state index contributed by atoms with van der Waals surface area (Å²) in [7, 11) is 0. The molecule has 2 N–H and O–H groups in total. The number of hydrogen-bond donors (Lipinski definition) is 2. The average molecular weight is 524 g/mol. The lowest BCUT2D eigenvalue weighted by atomic mass is 9.96. The molecular weight excluding hydrogens is 497 g/mol. The second-order valence-electron chi connectivity index (χ2n) is 9.60. The molecule has 196 valence electrons. The quantitative estimate of drug-likeness (QED) is 0.345. The van der Waals surface area contributed by atoms with Gasteiger partial charge < -0.3 is 15.2 Å². The third kappa shape index (κ3) is 5.13. The van der Waals surface area contributed by atoms with Crippen LogP contribution in [0.1, 0.15) is 30.1 Å². The number of benzene rings is 3. The Hall–Kier alpha value is -4.86. The van der Waals surface area contributed by atoms with E-state index in [0.29, 0.717) is 43.9 Å². The molecule has 0 radical (unpaired) electrons. The summed E-state index contributed by atoms with van der Waals surface area (Å²) in [5.41, 5.74) is 3.77. The minimum Gasteiger partial charge on any atom is -0.324 e. The number of aromatic nitrogens is 5. The van der Waals surface area contributed by atoms with E-state index >= 15 is 0 Å². The van der Waals surface area contributed by atoms with Crippen LogP contribution in [0.4, 0.5) is 14.9 Å². The highest BCUT2D eigenvalue weighted by atomic mass is 19.1. The number of piperidine rings is 1. The van der Waals surface area contributed by atoms with Gasteiger partial charge in [-0.3, -0.25) is 4.79 Å². The second kappa shape index (κ2) is 10.5. The Labute approximate surface area is 223 Å². The van der Waals surface area contributed by atoms with Crippen LogP contribution in [0.15, 0.2) is 83.7 Å². The van der Waals surface area contributed by atoms with Gasteiger partial charge in [-0.1, -0.05) is 65.9 Å². The van der Waals surface area contributed by atoms with Crippen LogP contribution in [0.25, 0.3) is 22.3 Å². The number of amides is 2. The van der Waals surface area contributed by atoms with E-state index in [1.54, 1.807) is 21.7 Å². The molecule has 0 aliphatic carbocycles. The Morgan fingerprint density at radius 2 is 1.69 bits per heavy atom. The van der Waals surface area contributed by atoms with Crippen molar-refractivity contribution in [1.29, 1.82) is 0 Å². The lowest BCUT2D eigenvalue weighted by Gasteiger charge is -2.31. The number of fused-ring (bicyclic) bond motifs is 1. The molecule has 3 aromatic carbocycles. The number of aromatic amines is 1. The summed E-state index contributed by atoms with van der Waals surface area (Å²) in [4.78, 5) is 35.2. The fourth-order valence-electron chi connectivity index (χ4n) is 4.96. The molecule has 1 aliphatic rings. The number of hydrogen-bond acceptors (Lipinski definition) is 5. The highest BCUT2D eigenvalue weighted by molar-refractivity contribution is 5.94. The van der Waals surface area contributed by atoms with E-state index in [1.165, 1.54) is 12.1 Å². The first-order valence-corrected chi connectivity index (χ1v) is 12.8. The number of urea groups is 1. The largest absolute Gasteiger partial charge is 0.324 e. The topological polar surface area (TPSA) is 109 Å². The molecular formula is C29H26FN7O2. The molecule has 2 aromatic heterocycles. The average Bonchev–Trinajstić information content (AvgIpc) is 3.38. The maximum atomic E-state index is 13.3. The van der Waals surface area contributed by atoms with Crippen LogP contribution in [0.3, 0.4) is 0 Å². The van der Waals surface area contributed by atoms with Crippen molar-refractivity contribution in [1.82, 2.24) is 29.9 Å². The molecule has 1 fully saturated rings. The first kappa shape index (κ1) is 24.5. The zero-order chi connectivity index (χ0) is 26.8. The molecule has 0 atom stereocenters. The van der Waals surface area contributed by atoms with Crippen LogP contribution >= 0.6 is 0 Å². The summed E-state index contributed by atoms with van der Waals surface area (Å²) in [5, 5.41) is 11.2. The number of halogens is 1. The molecule has 1 saturated heterocycles. The van der Waals surface area contributed by atoms with Crippen molar-refractivity contribution in [2.24, 2.45) is 0 Å². The summed E-state index contributed by atoms with van der Waals surface area (Å²) >= 11 is 0. The van der Waals surface area contributed by atoms with Crippen molar-refractivity contribution in [3.05, 3.63) is 106 Å². The van der Waals surface area contributed by atoms with E-state index in [-0.39, 0.29) is 28.8 Å². The molecule has 0 bridgehead atoms. The number of para-hydroxylation sites is 1. The number of H-pyrrole nitrogens is 1. The Balaban J connectivity index is 1.15. The van der Waals surface area contributed by atoms with Gasteiger partial charge in [0.05, 0.1) is 12.2 Å². The molecule has 39 heavy (non-hydrogen) atoms. The van der Waals surface area contributed by atoms with Gasteiger partial charge in [0.25, 0.3) is 5.56 Å². The SMILES string of the molecule is O=C(Nc1ccccc1-c1ccccc1)N1CCC(c2nc3c(nnn3Cc3ccc(F)cc3)c(=O)[nH]2)CC1. The molecule has 2 amide bonds. The number of likely N-dealkylation sites (tertiary alicyclic amines) is 1. The molecule has 0 unspecified atom stereocenters. The van der Waals surface area contributed by atoms with Gasteiger partial charge in [-0.15, -0.1) is 5.10 Å². The fraction of sp³-hybridized carbons (Fsp3) is 0.207. The van der Waals surface area contributed by atoms with Crippen molar-refractivity contribution in [2.75, 3.05) is 18.4 Å². The maximum absolute atomic E-state index is 13.3. The van der Waals surface area contributed by atoms with E-state index in [9.17, 15) is 14.0 Å². The van der Waals surface area contributed by atoms with Crippen LogP contribution in [-0.4, -0.2) is 49.0 Å². The summed E-state index contributed by atoms with van der Waals surface area (Å²) in [6.45, 7) is 1.37. The standard InChI is InChI=1S/C29H26FN7O2/c30-22-12-10-19(11-13-22)18-37-27-25(34-35-37)28(38)33-26(32-27)21-14-16-36(17-15-21)29(39)31-24-9-5-4-8-23(24)20-6-2-1-3-7-20/h1-13,21H,14-18H2,(H,31,39)(H,32,33,38). The van der Waals surface area contributed by atoms with Crippen LogP contribution in [-0.2, 0) is 6.54 Å². The van der Waals surface area contributed by atoms with E-state index in [1.807, 2.05) is 54.6 Å². The molecule has 9 nitrogen and oxygen atoms in total. The Morgan fingerprint density at radius 1 is 0.974 bits per heavy atom. The van der Waals surface area contributed by atoms with Crippen molar-refractivity contribution >= 4 is 22.9 Å². The van der Waals surface area contributed by atoms with Gasteiger partial charge >= 0.3 is 6.03 Å². The fourth-order valence-corrected chi connectivity index (χ4v) is 4.96. The Kier molecular flexibility index (Phi) is 6.58. The highest BCUT2D eigenvalue weighted by Crippen LogP contribution is 2.29. The molecule has 1 aliphatic heterocycles. The van der Waals surface area contributed by atoms with Crippen LogP contribution in [0.2, 0.25) is 0 Å². The van der Waals surface area contributed by atoms with Crippen molar-refractivity contribution in [3.63, 3.8) is 0 Å². The highest BCUT2D eigenvalue weighted by Gasteiger charge is 2.27. The van der Waals surface area contributed by atoms with Gasteiger partial charge in [-0.25, -0.2) is 18.9 Å². The summed E-state index contributed by atoms with van der Waals surface area (Å²) in [5.74, 6) is 0.223. The van der Waals surface area contributed by atoms with Gasteiger partial charge in [-0.05, 0) is 42.2 Å². The molecule has 10 heteroatoms. The normalized spacial score (nSPS) is 14.0. The first-order chi connectivity index (χ1) is 19.0. The summed E-state index contributed by atoms with van der Waals surface area (Å²) < 4.78 is 14.8. The zero-order valence-electron chi connectivity index (χ0n) is 21.0. The number of anilines is 1. The van der Waals surface area contributed by atoms with Gasteiger partial charge in [0.15, 0.2) is 11.2 Å². The van der Waals surface area contributed by atoms with E-state index in [2.05, 4.69) is 20.6 Å². The second-order valence-corrected chi connectivity index (χ2v) is 9.60. The Bertz CT molecular complexity index is 1670. The third-order valence-corrected chi connectivity index (χ3v) is 7.06. The van der Waals surface area contributed by atoms with E-state index < -0.39 is 0 Å². The van der Waals surface area contributed by atoms with Crippen LogP contribution in [0.5, 0.6) is 0 Å².